The molecule has 144 valence electrons. The summed E-state index contributed by atoms with van der Waals surface area (Å²) in [4.78, 5) is 2.48. The van der Waals surface area contributed by atoms with Gasteiger partial charge in [-0.2, -0.15) is 0 Å². The molecule has 2 N–H and O–H groups in total. The number of halogens is 2. The first-order valence-corrected chi connectivity index (χ1v) is 10.3. The molecule has 2 bridgehead atoms. The van der Waals surface area contributed by atoms with Gasteiger partial charge in [-0.25, -0.2) is 0 Å². The number of piperidine rings is 1. The minimum Gasteiger partial charge on any atom is -0.508 e. The molecule has 0 unspecified atom stereocenters. The highest BCUT2D eigenvalue weighted by molar-refractivity contribution is 6.42. The number of likely N-dealkylation sites (tertiary alicyclic amines) is 1. The first kappa shape index (κ1) is 19.1. The number of nitrogens with zero attached hydrogens (tertiary/aromatic N) is 1. The van der Waals surface area contributed by atoms with E-state index in [1.807, 2.05) is 30.3 Å². The minimum absolute atomic E-state index is 0.0289. The highest BCUT2D eigenvalue weighted by Crippen LogP contribution is 2.45. The smallest absolute Gasteiger partial charge is 0.115 e. The summed E-state index contributed by atoms with van der Waals surface area (Å²) in [7, 11) is 2.23. The van der Waals surface area contributed by atoms with E-state index in [1.54, 1.807) is 0 Å². The van der Waals surface area contributed by atoms with Crippen LogP contribution in [0.3, 0.4) is 0 Å². The van der Waals surface area contributed by atoms with Crippen molar-refractivity contribution < 1.29 is 5.11 Å². The number of nitrogens with one attached hydrogen (secondary N) is 1. The highest BCUT2D eigenvalue weighted by atomic mass is 35.5. The largest absolute Gasteiger partial charge is 0.508 e. The Balaban J connectivity index is 1.55. The van der Waals surface area contributed by atoms with Gasteiger partial charge in [-0.1, -0.05) is 42.3 Å². The van der Waals surface area contributed by atoms with Crippen molar-refractivity contribution in [2.24, 2.45) is 0 Å². The number of rotatable bonds is 4. The van der Waals surface area contributed by atoms with Gasteiger partial charge in [0, 0.05) is 17.5 Å². The van der Waals surface area contributed by atoms with Crippen molar-refractivity contribution in [1.29, 1.82) is 0 Å². The van der Waals surface area contributed by atoms with E-state index in [4.69, 9.17) is 23.2 Å². The van der Waals surface area contributed by atoms with Crippen LogP contribution >= 0.6 is 23.2 Å². The van der Waals surface area contributed by atoms with E-state index in [0.717, 1.165) is 32.4 Å². The molecule has 1 aliphatic carbocycles. The molecular weight excluding hydrogens is 379 g/mol. The first-order valence-electron chi connectivity index (χ1n) is 9.58. The van der Waals surface area contributed by atoms with Gasteiger partial charge in [-0.05, 0) is 80.4 Å². The number of benzene rings is 2. The monoisotopic (exact) mass is 404 g/mol. The second-order valence-corrected chi connectivity index (χ2v) is 9.01. The standard InChI is InChI=1S/C22H26Cl2N2O/c1-22-8-10-26(2)20(12-15-4-5-16(27)13-17(15)22)21(22)25-9-7-14-3-6-18(23)19(24)11-14/h3-6,11,13,20-21,25,27H,7-10,12H2,1-2H3/t20-,21+,22-/m1/s1. The van der Waals surface area contributed by atoms with E-state index >= 15 is 0 Å². The first-order chi connectivity index (χ1) is 12.9. The number of phenolic OH excluding ortho intramolecular Hbond substituents is 1. The maximum absolute atomic E-state index is 10.1. The van der Waals surface area contributed by atoms with Gasteiger partial charge >= 0.3 is 0 Å². The Morgan fingerprint density at radius 1 is 1.19 bits per heavy atom. The maximum Gasteiger partial charge on any atom is 0.115 e. The van der Waals surface area contributed by atoms with Crippen LogP contribution in [0.25, 0.3) is 0 Å². The lowest BCUT2D eigenvalue weighted by Gasteiger charge is -2.55. The zero-order valence-corrected chi connectivity index (χ0v) is 17.3. The van der Waals surface area contributed by atoms with Gasteiger partial charge in [-0.15, -0.1) is 0 Å². The van der Waals surface area contributed by atoms with Crippen LogP contribution < -0.4 is 5.32 Å². The van der Waals surface area contributed by atoms with Crippen molar-refractivity contribution in [1.82, 2.24) is 10.2 Å². The lowest BCUT2D eigenvalue weighted by molar-refractivity contribution is 0.0663. The fourth-order valence-corrected chi connectivity index (χ4v) is 5.23. The van der Waals surface area contributed by atoms with Crippen LogP contribution in [0.4, 0.5) is 0 Å². The molecule has 0 spiro atoms. The molecule has 2 aromatic carbocycles. The van der Waals surface area contributed by atoms with E-state index in [2.05, 4.69) is 30.3 Å². The van der Waals surface area contributed by atoms with E-state index < -0.39 is 0 Å². The van der Waals surface area contributed by atoms with Crippen LogP contribution in [0.5, 0.6) is 5.75 Å². The summed E-state index contributed by atoms with van der Waals surface area (Å²) < 4.78 is 0. The second-order valence-electron chi connectivity index (χ2n) is 8.19. The number of hydrogen-bond acceptors (Lipinski definition) is 3. The molecule has 0 amide bonds. The SMILES string of the molecule is CN1CC[C@]2(C)c3cc(O)ccc3C[C@@H]1[C@@H]2NCCc1ccc(Cl)c(Cl)c1. The Bertz CT molecular complexity index is 856. The molecule has 1 fully saturated rings. The number of phenols is 1. The summed E-state index contributed by atoms with van der Waals surface area (Å²) in [6, 6.07) is 12.6. The fraction of sp³-hybridized carbons (Fsp3) is 0.455. The van der Waals surface area contributed by atoms with Gasteiger partial charge in [-0.3, -0.25) is 0 Å². The van der Waals surface area contributed by atoms with Crippen molar-refractivity contribution in [2.75, 3.05) is 20.1 Å². The van der Waals surface area contributed by atoms with Crippen LogP contribution in [0.1, 0.15) is 30.0 Å². The maximum atomic E-state index is 10.1. The van der Waals surface area contributed by atoms with E-state index in [0.29, 0.717) is 27.9 Å². The summed E-state index contributed by atoms with van der Waals surface area (Å²) >= 11 is 12.2. The van der Waals surface area contributed by atoms with Gasteiger partial charge in [0.25, 0.3) is 0 Å². The molecule has 1 saturated heterocycles. The van der Waals surface area contributed by atoms with Gasteiger partial charge in [0.1, 0.15) is 5.75 Å². The Hall–Kier alpha value is -1.26. The molecule has 0 saturated carbocycles. The number of likely N-dealkylation sites (N-methyl/N-ethyl adjacent to an activating group) is 1. The van der Waals surface area contributed by atoms with Crippen LogP contribution in [-0.4, -0.2) is 42.2 Å². The molecule has 1 aliphatic heterocycles. The topological polar surface area (TPSA) is 35.5 Å². The lowest BCUT2D eigenvalue weighted by Crippen LogP contribution is -2.66. The number of fused-ring (bicyclic) bond motifs is 4. The Kier molecular flexibility index (Phi) is 5.15. The summed E-state index contributed by atoms with van der Waals surface area (Å²) in [6.07, 6.45) is 3.01. The predicted octanol–water partition coefficient (Wildman–Crippen LogP) is 4.42. The molecule has 3 atom stereocenters. The quantitative estimate of drug-likeness (QED) is 0.791. The molecule has 3 nitrogen and oxygen atoms in total. The Morgan fingerprint density at radius 3 is 2.78 bits per heavy atom. The van der Waals surface area contributed by atoms with Crippen LogP contribution in [-0.2, 0) is 18.3 Å². The summed E-state index contributed by atoms with van der Waals surface area (Å²) in [5.41, 5.74) is 3.89. The average molecular weight is 405 g/mol. The molecule has 2 aliphatic rings. The highest BCUT2D eigenvalue weighted by Gasteiger charge is 2.49. The van der Waals surface area contributed by atoms with Crippen LogP contribution in [0, 0.1) is 0 Å². The van der Waals surface area contributed by atoms with Crippen molar-refractivity contribution in [3.05, 3.63) is 63.1 Å². The normalized spacial score (nSPS) is 27.4. The van der Waals surface area contributed by atoms with E-state index in [9.17, 15) is 5.11 Å². The third-order valence-corrected chi connectivity index (χ3v) is 7.26. The third-order valence-electron chi connectivity index (χ3n) is 6.52. The Labute approximate surface area is 171 Å². The zero-order valence-electron chi connectivity index (χ0n) is 15.8. The minimum atomic E-state index is 0.0289. The molecule has 1 heterocycles. The van der Waals surface area contributed by atoms with Crippen LogP contribution in [0.2, 0.25) is 10.0 Å². The molecule has 0 aromatic heterocycles. The molecule has 0 radical (unpaired) electrons. The van der Waals surface area contributed by atoms with Gasteiger partial charge < -0.3 is 15.3 Å². The van der Waals surface area contributed by atoms with E-state index in [1.165, 1.54) is 16.7 Å². The second kappa shape index (κ2) is 7.29. The van der Waals surface area contributed by atoms with E-state index in [-0.39, 0.29) is 5.41 Å². The summed E-state index contributed by atoms with van der Waals surface area (Å²) in [5, 5.41) is 15.1. The molecular formula is C22H26Cl2N2O. The number of hydrogen-bond donors (Lipinski definition) is 2. The summed E-state index contributed by atoms with van der Waals surface area (Å²) in [5.74, 6) is 0.363. The number of aromatic hydroxyl groups is 1. The Morgan fingerprint density at radius 2 is 2.00 bits per heavy atom. The fourth-order valence-electron chi connectivity index (χ4n) is 4.91. The third kappa shape index (κ3) is 3.47. The average Bonchev–Trinajstić information content (AvgIpc) is 2.64. The predicted molar refractivity (Wildman–Crippen MR) is 112 cm³/mol. The van der Waals surface area contributed by atoms with Crippen molar-refractivity contribution >= 4 is 23.2 Å². The summed E-state index contributed by atoms with van der Waals surface area (Å²) in [6.45, 7) is 4.32. The van der Waals surface area contributed by atoms with Crippen LogP contribution in [0.15, 0.2) is 36.4 Å². The van der Waals surface area contributed by atoms with Gasteiger partial charge in [0.2, 0.25) is 0 Å². The molecule has 27 heavy (non-hydrogen) atoms. The molecule has 4 rings (SSSR count). The molecule has 2 aromatic rings. The van der Waals surface area contributed by atoms with Gasteiger partial charge in [0.15, 0.2) is 0 Å². The van der Waals surface area contributed by atoms with Gasteiger partial charge in [0.05, 0.1) is 10.0 Å². The lowest BCUT2D eigenvalue weighted by atomic mass is 9.61. The molecule has 5 heteroatoms. The van der Waals surface area contributed by atoms with Crippen molar-refractivity contribution in [2.45, 2.75) is 43.7 Å². The van der Waals surface area contributed by atoms with Crippen molar-refractivity contribution in [3.8, 4) is 5.75 Å². The zero-order chi connectivity index (χ0) is 19.2. The van der Waals surface area contributed by atoms with Crippen molar-refractivity contribution in [3.63, 3.8) is 0 Å².